The zero-order valence-electron chi connectivity index (χ0n) is 14.6. The van der Waals surface area contributed by atoms with Crippen molar-refractivity contribution in [2.24, 2.45) is 5.92 Å². The average molecular weight is 329 g/mol. The highest BCUT2D eigenvalue weighted by atomic mass is 16.2. The molecule has 0 unspecified atom stereocenters. The monoisotopic (exact) mass is 329 g/mol. The lowest BCUT2D eigenvalue weighted by Crippen LogP contribution is -2.57. The first kappa shape index (κ1) is 17.0. The molecule has 2 heterocycles. The van der Waals surface area contributed by atoms with E-state index in [-0.39, 0.29) is 11.9 Å². The van der Waals surface area contributed by atoms with Crippen LogP contribution in [0.5, 0.6) is 0 Å². The lowest BCUT2D eigenvalue weighted by atomic mass is 9.84. The maximum absolute atomic E-state index is 12.7. The van der Waals surface area contributed by atoms with E-state index in [1.165, 1.54) is 0 Å². The number of likely N-dealkylation sites (tertiary alicyclic amines) is 2. The second-order valence-corrected chi connectivity index (χ2v) is 6.98. The first-order valence-corrected chi connectivity index (χ1v) is 8.98. The van der Waals surface area contributed by atoms with Crippen molar-refractivity contribution in [3.63, 3.8) is 0 Å². The van der Waals surface area contributed by atoms with Crippen LogP contribution in [-0.2, 0) is 16.0 Å². The van der Waals surface area contributed by atoms with Crippen LogP contribution in [0, 0.1) is 5.92 Å². The number of fused-ring (bicyclic) bond motifs is 1. The van der Waals surface area contributed by atoms with Gasteiger partial charge in [-0.25, -0.2) is 0 Å². The van der Waals surface area contributed by atoms with Gasteiger partial charge >= 0.3 is 11.8 Å². The van der Waals surface area contributed by atoms with E-state index < -0.39 is 5.91 Å². The molecular weight excluding hydrogens is 302 g/mol. The molecule has 2 amide bonds. The Kier molecular flexibility index (Phi) is 5.19. The Morgan fingerprint density at radius 1 is 1.21 bits per heavy atom. The number of nitrogens with zero attached hydrogens (tertiary/aromatic N) is 2. The maximum atomic E-state index is 12.7. The van der Waals surface area contributed by atoms with E-state index in [0.29, 0.717) is 12.5 Å². The van der Waals surface area contributed by atoms with Gasteiger partial charge in [-0.1, -0.05) is 25.1 Å². The summed E-state index contributed by atoms with van der Waals surface area (Å²) in [4.78, 5) is 29.4. The van der Waals surface area contributed by atoms with E-state index in [4.69, 9.17) is 0 Å². The van der Waals surface area contributed by atoms with Crippen molar-refractivity contribution < 1.29 is 9.59 Å². The molecule has 5 heteroatoms. The van der Waals surface area contributed by atoms with Crippen LogP contribution in [0.3, 0.4) is 0 Å². The first-order chi connectivity index (χ1) is 11.6. The van der Waals surface area contributed by atoms with Gasteiger partial charge in [-0.15, -0.1) is 0 Å². The predicted octanol–water partition coefficient (Wildman–Crippen LogP) is 2.13. The van der Waals surface area contributed by atoms with Crippen molar-refractivity contribution in [2.75, 3.05) is 32.0 Å². The minimum atomic E-state index is -0.504. The van der Waals surface area contributed by atoms with E-state index >= 15 is 0 Å². The van der Waals surface area contributed by atoms with Crippen molar-refractivity contribution in [1.82, 2.24) is 9.80 Å². The summed E-state index contributed by atoms with van der Waals surface area (Å²) in [5.74, 6) is -0.382. The Bertz CT molecular complexity index is 616. The summed E-state index contributed by atoms with van der Waals surface area (Å²) in [6, 6.07) is 7.89. The smallest absolute Gasteiger partial charge is 0.313 e. The van der Waals surface area contributed by atoms with Crippen molar-refractivity contribution in [3.05, 3.63) is 29.8 Å². The minimum Gasteiger partial charge on any atom is -0.331 e. The van der Waals surface area contributed by atoms with Gasteiger partial charge in [-0.05, 0) is 56.8 Å². The number of rotatable bonds is 2. The zero-order valence-corrected chi connectivity index (χ0v) is 14.6. The van der Waals surface area contributed by atoms with Crippen molar-refractivity contribution in [1.29, 1.82) is 0 Å². The number of carbonyl (C=O) groups excluding carboxylic acids is 2. The lowest BCUT2D eigenvalue weighted by Gasteiger charge is -2.46. The number of hydrogen-bond acceptors (Lipinski definition) is 3. The predicted molar refractivity (Wildman–Crippen MR) is 94.8 cm³/mol. The third-order valence-corrected chi connectivity index (χ3v) is 5.37. The number of hydrogen-bond donors (Lipinski definition) is 1. The number of para-hydroxylation sites is 1. The van der Waals surface area contributed by atoms with E-state index in [2.05, 4.69) is 17.3 Å². The quantitative estimate of drug-likeness (QED) is 0.846. The van der Waals surface area contributed by atoms with Gasteiger partial charge in [0.05, 0.1) is 0 Å². The fraction of sp³-hybridized carbons (Fsp3) is 0.579. The molecule has 24 heavy (non-hydrogen) atoms. The topological polar surface area (TPSA) is 52.7 Å². The number of anilines is 1. The second kappa shape index (κ2) is 7.34. The summed E-state index contributed by atoms with van der Waals surface area (Å²) in [6.45, 7) is 4.76. The molecule has 0 spiro atoms. The van der Waals surface area contributed by atoms with Gasteiger partial charge < -0.3 is 15.1 Å². The zero-order chi connectivity index (χ0) is 17.1. The molecule has 5 nitrogen and oxygen atoms in total. The van der Waals surface area contributed by atoms with Crippen LogP contribution in [0.1, 0.15) is 31.7 Å². The van der Waals surface area contributed by atoms with Crippen molar-refractivity contribution in [2.45, 2.75) is 38.6 Å². The fourth-order valence-corrected chi connectivity index (χ4v) is 4.09. The van der Waals surface area contributed by atoms with Gasteiger partial charge in [-0.2, -0.15) is 0 Å². The van der Waals surface area contributed by atoms with Crippen molar-refractivity contribution in [3.8, 4) is 0 Å². The van der Waals surface area contributed by atoms with Crippen LogP contribution < -0.4 is 5.32 Å². The number of nitrogens with one attached hydrogen (secondary N) is 1. The summed E-state index contributed by atoms with van der Waals surface area (Å²) in [5.41, 5.74) is 1.80. The third-order valence-electron chi connectivity index (χ3n) is 5.37. The number of carbonyl (C=O) groups is 2. The molecular formula is C19H27N3O2. The SMILES string of the molecule is CCc1ccccc1NC(=O)C(=O)N1CCC[C@@H]2CN(C)CC[C@@H]21. The van der Waals surface area contributed by atoms with E-state index in [0.717, 1.165) is 50.0 Å². The first-order valence-electron chi connectivity index (χ1n) is 8.98. The molecule has 2 fully saturated rings. The molecule has 2 aliphatic rings. The average Bonchev–Trinajstić information content (AvgIpc) is 2.60. The van der Waals surface area contributed by atoms with Gasteiger partial charge in [0.15, 0.2) is 0 Å². The Hall–Kier alpha value is -1.88. The van der Waals surface area contributed by atoms with E-state index in [1.54, 1.807) is 0 Å². The summed E-state index contributed by atoms with van der Waals surface area (Å²) < 4.78 is 0. The molecule has 0 saturated carbocycles. The Labute approximate surface area is 144 Å². The third kappa shape index (κ3) is 3.46. The number of benzene rings is 1. The highest BCUT2D eigenvalue weighted by molar-refractivity contribution is 6.39. The van der Waals surface area contributed by atoms with Crippen LogP contribution in [-0.4, -0.2) is 54.3 Å². The second-order valence-electron chi connectivity index (χ2n) is 6.98. The summed E-state index contributed by atoms with van der Waals surface area (Å²) >= 11 is 0. The molecule has 0 aliphatic carbocycles. The summed E-state index contributed by atoms with van der Waals surface area (Å²) in [5, 5.41) is 2.82. The largest absolute Gasteiger partial charge is 0.331 e. The maximum Gasteiger partial charge on any atom is 0.313 e. The normalized spacial score (nSPS) is 24.3. The van der Waals surface area contributed by atoms with Crippen LogP contribution in [0.25, 0.3) is 0 Å². The summed E-state index contributed by atoms with van der Waals surface area (Å²) in [6.07, 6.45) is 3.93. The summed E-state index contributed by atoms with van der Waals surface area (Å²) in [7, 11) is 2.13. The molecule has 1 N–H and O–H groups in total. The molecule has 2 aliphatic heterocycles. The van der Waals surface area contributed by atoms with E-state index in [9.17, 15) is 9.59 Å². The van der Waals surface area contributed by atoms with E-state index in [1.807, 2.05) is 36.1 Å². The molecule has 130 valence electrons. The van der Waals surface area contributed by atoms with Gasteiger partial charge in [0.25, 0.3) is 0 Å². The number of piperidine rings is 2. The van der Waals surface area contributed by atoms with Crippen LogP contribution in [0.4, 0.5) is 5.69 Å². The number of amides is 2. The van der Waals surface area contributed by atoms with Gasteiger partial charge in [0.2, 0.25) is 0 Å². The molecule has 2 atom stereocenters. The van der Waals surface area contributed by atoms with Crippen molar-refractivity contribution >= 4 is 17.5 Å². The molecule has 0 radical (unpaired) electrons. The molecule has 1 aromatic rings. The van der Waals surface area contributed by atoms with Gasteiger partial charge in [0.1, 0.15) is 0 Å². The Morgan fingerprint density at radius 2 is 2.00 bits per heavy atom. The van der Waals surface area contributed by atoms with Gasteiger partial charge in [0, 0.05) is 24.8 Å². The van der Waals surface area contributed by atoms with Crippen LogP contribution >= 0.6 is 0 Å². The molecule has 2 saturated heterocycles. The number of aryl methyl sites for hydroxylation is 1. The molecule has 3 rings (SSSR count). The van der Waals surface area contributed by atoms with Crippen LogP contribution in [0.15, 0.2) is 24.3 Å². The van der Waals surface area contributed by atoms with Crippen LogP contribution in [0.2, 0.25) is 0 Å². The molecule has 0 bridgehead atoms. The molecule has 1 aromatic carbocycles. The Balaban J connectivity index is 1.70. The minimum absolute atomic E-state index is 0.217. The fourth-order valence-electron chi connectivity index (χ4n) is 4.09. The lowest BCUT2D eigenvalue weighted by molar-refractivity contribution is -0.148. The standard InChI is InChI=1S/C19H27N3O2/c1-3-14-7-4-5-9-16(14)20-18(23)19(24)22-11-6-8-15-13-21(2)12-10-17(15)22/h4-5,7,9,15,17H,3,6,8,10-13H2,1-2H3,(H,20,23)/t15-,17+/m1/s1. The van der Waals surface area contributed by atoms with Gasteiger partial charge in [-0.3, -0.25) is 9.59 Å². The highest BCUT2D eigenvalue weighted by Gasteiger charge is 2.39. The highest BCUT2D eigenvalue weighted by Crippen LogP contribution is 2.30. The molecule has 0 aromatic heterocycles. The Morgan fingerprint density at radius 3 is 2.79 bits per heavy atom.